The van der Waals surface area contributed by atoms with Crippen LogP contribution in [-0.2, 0) is 9.53 Å². The predicted octanol–water partition coefficient (Wildman–Crippen LogP) is 1.74. The summed E-state index contributed by atoms with van der Waals surface area (Å²) >= 11 is 0. The van der Waals surface area contributed by atoms with Crippen LogP contribution in [0, 0.1) is 23.7 Å². The van der Waals surface area contributed by atoms with Crippen LogP contribution >= 0.6 is 0 Å². The summed E-state index contributed by atoms with van der Waals surface area (Å²) < 4.78 is 5.34. The molecule has 16 heavy (non-hydrogen) atoms. The Bertz CT molecular complexity index is 302. The Hall–Kier alpha value is -0.570. The minimum Gasteiger partial charge on any atom is -0.462 e. The molecule has 3 fully saturated rings. The number of aliphatic hydroxyl groups is 1. The second kappa shape index (κ2) is 3.73. The van der Waals surface area contributed by atoms with Gasteiger partial charge in [0.15, 0.2) is 0 Å². The molecule has 3 aliphatic rings. The van der Waals surface area contributed by atoms with Gasteiger partial charge in [-0.25, -0.2) is 0 Å². The molecule has 6 atom stereocenters. The van der Waals surface area contributed by atoms with Gasteiger partial charge in [0.1, 0.15) is 6.10 Å². The number of hydrogen-bond acceptors (Lipinski definition) is 3. The normalized spacial score (nSPS) is 51.8. The Morgan fingerprint density at radius 2 is 2.00 bits per heavy atom. The highest BCUT2D eigenvalue weighted by atomic mass is 16.6. The van der Waals surface area contributed by atoms with Crippen LogP contribution in [0.5, 0.6) is 0 Å². The van der Waals surface area contributed by atoms with Crippen molar-refractivity contribution in [1.82, 2.24) is 0 Å². The fraction of sp³-hybridized carbons (Fsp3) is 0.923. The third-order valence-electron chi connectivity index (χ3n) is 4.97. The average molecular weight is 224 g/mol. The van der Waals surface area contributed by atoms with Crippen molar-refractivity contribution < 1.29 is 14.6 Å². The molecule has 0 amide bonds. The number of fused-ring (bicyclic) bond motifs is 2. The van der Waals surface area contributed by atoms with Crippen molar-refractivity contribution in [2.45, 2.75) is 51.2 Å². The summed E-state index contributed by atoms with van der Waals surface area (Å²) in [5.41, 5.74) is 0. The van der Waals surface area contributed by atoms with Gasteiger partial charge in [0.05, 0.1) is 12.0 Å². The number of aliphatic hydroxyl groups excluding tert-OH is 1. The summed E-state index contributed by atoms with van der Waals surface area (Å²) in [6, 6.07) is 0. The van der Waals surface area contributed by atoms with Crippen LogP contribution in [-0.4, -0.2) is 23.3 Å². The molecule has 3 nitrogen and oxygen atoms in total. The molecule has 2 aliphatic carbocycles. The van der Waals surface area contributed by atoms with E-state index >= 15 is 0 Å². The van der Waals surface area contributed by atoms with Crippen LogP contribution in [0.3, 0.4) is 0 Å². The molecule has 0 bridgehead atoms. The minimum absolute atomic E-state index is 0.0102. The third kappa shape index (κ3) is 1.56. The highest BCUT2D eigenvalue weighted by molar-refractivity contribution is 5.75. The van der Waals surface area contributed by atoms with E-state index in [1.165, 1.54) is 0 Å². The van der Waals surface area contributed by atoms with Gasteiger partial charge in [-0.2, -0.15) is 0 Å². The molecule has 1 saturated heterocycles. The van der Waals surface area contributed by atoms with E-state index in [0.29, 0.717) is 11.8 Å². The quantitative estimate of drug-likeness (QED) is 0.637. The van der Waals surface area contributed by atoms with E-state index < -0.39 is 0 Å². The summed E-state index contributed by atoms with van der Waals surface area (Å²) in [5.74, 6) is 1.87. The fourth-order valence-electron chi connectivity index (χ4n) is 4.06. The van der Waals surface area contributed by atoms with Gasteiger partial charge in [-0.1, -0.05) is 0 Å². The molecule has 1 aliphatic heterocycles. The van der Waals surface area contributed by atoms with Gasteiger partial charge in [0, 0.05) is 5.92 Å². The zero-order chi connectivity index (χ0) is 11.3. The molecule has 0 aromatic heterocycles. The number of carbonyl (C=O) groups excluding carboxylic acids is 1. The summed E-state index contributed by atoms with van der Waals surface area (Å²) in [6.07, 6.45) is 5.05. The molecule has 0 radical (unpaired) electrons. The van der Waals surface area contributed by atoms with Crippen LogP contribution in [0.25, 0.3) is 0 Å². The minimum atomic E-state index is -0.132. The lowest BCUT2D eigenvalue weighted by molar-refractivity contribution is -0.144. The van der Waals surface area contributed by atoms with Crippen LogP contribution < -0.4 is 0 Å². The Morgan fingerprint density at radius 1 is 1.19 bits per heavy atom. The number of cyclic esters (lactones) is 1. The van der Waals surface area contributed by atoms with E-state index in [2.05, 4.69) is 0 Å². The first-order valence-corrected chi connectivity index (χ1v) is 6.53. The van der Waals surface area contributed by atoms with E-state index in [9.17, 15) is 9.90 Å². The lowest BCUT2D eigenvalue weighted by Gasteiger charge is -2.41. The summed E-state index contributed by atoms with van der Waals surface area (Å²) in [7, 11) is 0. The van der Waals surface area contributed by atoms with Gasteiger partial charge < -0.3 is 9.84 Å². The standard InChI is InChI=1S/C13H20O3/c1-7-11-5-8-2-3-10(14)4-9(8)6-12(11)13(15)16-7/h7-12,14H,2-6H2,1H3/t7?,8?,9?,10-,11?,12?/m0/s1. The molecule has 0 aromatic rings. The molecule has 1 N–H and O–H groups in total. The van der Waals surface area contributed by atoms with E-state index in [1.807, 2.05) is 6.92 Å². The van der Waals surface area contributed by atoms with Crippen molar-refractivity contribution in [3.63, 3.8) is 0 Å². The second-order valence-electron chi connectivity index (χ2n) is 5.87. The molecule has 90 valence electrons. The van der Waals surface area contributed by atoms with E-state index in [1.54, 1.807) is 0 Å². The van der Waals surface area contributed by atoms with Crippen molar-refractivity contribution in [3.05, 3.63) is 0 Å². The van der Waals surface area contributed by atoms with Crippen molar-refractivity contribution in [3.8, 4) is 0 Å². The smallest absolute Gasteiger partial charge is 0.309 e. The average Bonchev–Trinajstić information content (AvgIpc) is 2.52. The second-order valence-corrected chi connectivity index (χ2v) is 5.87. The zero-order valence-electron chi connectivity index (χ0n) is 9.76. The first kappa shape index (κ1) is 10.6. The molecule has 0 aromatic carbocycles. The van der Waals surface area contributed by atoms with Crippen LogP contribution in [0.15, 0.2) is 0 Å². The number of ether oxygens (including phenoxy) is 1. The summed E-state index contributed by atoms with van der Waals surface area (Å²) in [4.78, 5) is 11.7. The lowest BCUT2D eigenvalue weighted by Crippen LogP contribution is -2.38. The summed E-state index contributed by atoms with van der Waals surface area (Å²) in [6.45, 7) is 2.03. The predicted molar refractivity (Wildman–Crippen MR) is 58.6 cm³/mol. The molecule has 5 unspecified atom stereocenters. The van der Waals surface area contributed by atoms with Gasteiger partial charge in [0.2, 0.25) is 0 Å². The third-order valence-corrected chi connectivity index (χ3v) is 4.97. The first-order valence-electron chi connectivity index (χ1n) is 6.53. The fourth-order valence-corrected chi connectivity index (χ4v) is 4.06. The molecule has 3 rings (SSSR count). The van der Waals surface area contributed by atoms with E-state index in [-0.39, 0.29) is 24.1 Å². The largest absolute Gasteiger partial charge is 0.462 e. The maximum absolute atomic E-state index is 11.7. The van der Waals surface area contributed by atoms with Crippen LogP contribution in [0.1, 0.15) is 39.0 Å². The summed E-state index contributed by atoms with van der Waals surface area (Å²) in [5, 5.41) is 9.69. The number of rotatable bonds is 0. The highest BCUT2D eigenvalue weighted by Gasteiger charge is 2.49. The number of esters is 1. The van der Waals surface area contributed by atoms with Crippen molar-refractivity contribution in [2.75, 3.05) is 0 Å². The Balaban J connectivity index is 1.76. The van der Waals surface area contributed by atoms with Crippen molar-refractivity contribution in [1.29, 1.82) is 0 Å². The van der Waals surface area contributed by atoms with Crippen LogP contribution in [0.4, 0.5) is 0 Å². The highest BCUT2D eigenvalue weighted by Crippen LogP contribution is 2.49. The Labute approximate surface area is 96.2 Å². The van der Waals surface area contributed by atoms with Crippen LogP contribution in [0.2, 0.25) is 0 Å². The van der Waals surface area contributed by atoms with Gasteiger partial charge in [-0.3, -0.25) is 4.79 Å². The number of carbonyl (C=O) groups is 1. The van der Waals surface area contributed by atoms with E-state index in [0.717, 1.165) is 38.0 Å². The van der Waals surface area contributed by atoms with Gasteiger partial charge in [-0.05, 0) is 50.9 Å². The Kier molecular flexibility index (Phi) is 2.46. The number of hydrogen-bond donors (Lipinski definition) is 1. The lowest BCUT2D eigenvalue weighted by atomic mass is 9.62. The topological polar surface area (TPSA) is 46.5 Å². The Morgan fingerprint density at radius 3 is 2.81 bits per heavy atom. The molecule has 3 heteroatoms. The SMILES string of the molecule is CC1OC(=O)C2CC3C[C@@H](O)CCC3CC12. The monoisotopic (exact) mass is 224 g/mol. The first-order chi connectivity index (χ1) is 7.65. The van der Waals surface area contributed by atoms with E-state index in [4.69, 9.17) is 4.74 Å². The molecule has 0 spiro atoms. The van der Waals surface area contributed by atoms with Crippen molar-refractivity contribution >= 4 is 5.97 Å². The van der Waals surface area contributed by atoms with Gasteiger partial charge in [0.25, 0.3) is 0 Å². The van der Waals surface area contributed by atoms with Gasteiger partial charge in [-0.15, -0.1) is 0 Å². The maximum atomic E-state index is 11.7. The maximum Gasteiger partial charge on any atom is 0.309 e. The molecular weight excluding hydrogens is 204 g/mol. The molecule has 2 saturated carbocycles. The molecular formula is C13H20O3. The zero-order valence-corrected chi connectivity index (χ0v) is 9.76. The molecule has 1 heterocycles. The van der Waals surface area contributed by atoms with Gasteiger partial charge >= 0.3 is 5.97 Å². The van der Waals surface area contributed by atoms with Crippen molar-refractivity contribution in [2.24, 2.45) is 23.7 Å².